The van der Waals surface area contributed by atoms with Gasteiger partial charge in [0.15, 0.2) is 0 Å². The van der Waals surface area contributed by atoms with Gasteiger partial charge in [-0.25, -0.2) is 9.48 Å². The second-order valence-corrected chi connectivity index (χ2v) is 5.26. The number of benzene rings is 2. The topological polar surface area (TPSA) is 60.9 Å². The zero-order chi connectivity index (χ0) is 15.6. The molecule has 0 saturated carbocycles. The van der Waals surface area contributed by atoms with Crippen molar-refractivity contribution in [1.29, 1.82) is 0 Å². The second-order valence-electron chi connectivity index (χ2n) is 5.26. The zero-order valence-corrected chi connectivity index (χ0v) is 12.2. The second kappa shape index (κ2) is 5.53. The van der Waals surface area contributed by atoms with Crippen LogP contribution in [0.3, 0.4) is 0 Å². The Hall–Kier alpha value is -3.21. The number of nitrogens with zero attached hydrogens (tertiary/aromatic N) is 3. The largest absolute Gasteiger partial charge is 0.422 e. The van der Waals surface area contributed by atoms with E-state index in [2.05, 4.69) is 10.3 Å². The van der Waals surface area contributed by atoms with Crippen LogP contribution in [-0.4, -0.2) is 15.0 Å². The van der Waals surface area contributed by atoms with Crippen molar-refractivity contribution >= 4 is 11.0 Å². The van der Waals surface area contributed by atoms with Crippen LogP contribution in [0.1, 0.15) is 5.56 Å². The number of rotatable bonds is 3. The Morgan fingerprint density at radius 3 is 2.65 bits per heavy atom. The van der Waals surface area contributed by atoms with Crippen LogP contribution in [-0.2, 0) is 6.54 Å². The molecule has 0 unspecified atom stereocenters. The summed E-state index contributed by atoms with van der Waals surface area (Å²) in [6.45, 7) is 0.326. The van der Waals surface area contributed by atoms with E-state index in [1.54, 1.807) is 10.7 Å². The molecule has 2 aromatic carbocycles. The highest BCUT2D eigenvalue weighted by molar-refractivity contribution is 5.76. The van der Waals surface area contributed by atoms with Gasteiger partial charge < -0.3 is 4.42 Å². The molecule has 5 nitrogen and oxygen atoms in total. The van der Waals surface area contributed by atoms with E-state index < -0.39 is 0 Å². The van der Waals surface area contributed by atoms with Gasteiger partial charge in [0.05, 0.1) is 18.3 Å². The first-order valence-electron chi connectivity index (χ1n) is 7.27. The molecule has 4 rings (SSSR count). The molecular weight excluding hydrogens is 290 g/mol. The molecule has 0 atom stereocenters. The number of hydrogen-bond acceptors (Lipinski definition) is 4. The lowest BCUT2D eigenvalue weighted by molar-refractivity contribution is 0.537. The predicted molar refractivity (Wildman–Crippen MR) is 87.0 cm³/mol. The molecule has 112 valence electrons. The maximum atomic E-state index is 12.1. The molecule has 0 aliphatic carbocycles. The van der Waals surface area contributed by atoms with Crippen molar-refractivity contribution in [3.8, 4) is 11.3 Å². The molecule has 0 amide bonds. The highest BCUT2D eigenvalue weighted by Crippen LogP contribution is 2.16. The third-order valence-electron chi connectivity index (χ3n) is 3.65. The van der Waals surface area contributed by atoms with Crippen molar-refractivity contribution in [2.24, 2.45) is 0 Å². The molecule has 0 saturated heterocycles. The van der Waals surface area contributed by atoms with Gasteiger partial charge in [-0.05, 0) is 12.1 Å². The summed E-state index contributed by atoms with van der Waals surface area (Å²) in [5.41, 5.74) is 2.55. The van der Waals surface area contributed by atoms with Gasteiger partial charge in [0.25, 0.3) is 0 Å². The Bertz CT molecular complexity index is 1020. The van der Waals surface area contributed by atoms with E-state index in [-0.39, 0.29) is 5.63 Å². The van der Waals surface area contributed by atoms with Crippen molar-refractivity contribution in [3.63, 3.8) is 0 Å². The van der Waals surface area contributed by atoms with Crippen LogP contribution in [0.2, 0.25) is 0 Å². The molecule has 0 N–H and O–H groups in total. The fourth-order valence-corrected chi connectivity index (χ4v) is 2.51. The Balaban J connectivity index is 1.67. The quantitative estimate of drug-likeness (QED) is 0.546. The van der Waals surface area contributed by atoms with Crippen LogP contribution in [0.4, 0.5) is 0 Å². The summed E-state index contributed by atoms with van der Waals surface area (Å²) in [5, 5.41) is 9.14. The first-order valence-corrected chi connectivity index (χ1v) is 7.27. The number of fused-ring (bicyclic) bond motifs is 1. The van der Waals surface area contributed by atoms with Crippen LogP contribution in [0.25, 0.3) is 22.2 Å². The Morgan fingerprint density at radius 1 is 1.00 bits per heavy atom. The van der Waals surface area contributed by atoms with Gasteiger partial charge in [0.2, 0.25) is 0 Å². The average Bonchev–Trinajstić information content (AvgIpc) is 3.05. The van der Waals surface area contributed by atoms with E-state index in [1.807, 2.05) is 60.8 Å². The summed E-state index contributed by atoms with van der Waals surface area (Å²) in [6.07, 6.45) is 1.82. The minimum Gasteiger partial charge on any atom is -0.422 e. The third-order valence-corrected chi connectivity index (χ3v) is 3.65. The number of aromatic nitrogens is 3. The molecule has 4 aromatic rings. The molecule has 0 fully saturated rings. The summed E-state index contributed by atoms with van der Waals surface area (Å²) >= 11 is 0. The van der Waals surface area contributed by atoms with E-state index in [9.17, 15) is 4.79 Å². The molecule has 2 aromatic heterocycles. The highest BCUT2D eigenvalue weighted by Gasteiger charge is 2.08. The van der Waals surface area contributed by atoms with E-state index >= 15 is 0 Å². The molecule has 0 aliphatic rings. The third kappa shape index (κ3) is 2.64. The summed E-state index contributed by atoms with van der Waals surface area (Å²) < 4.78 is 6.98. The maximum absolute atomic E-state index is 12.1. The predicted octanol–water partition coefficient (Wildman–Crippen LogP) is 3.10. The van der Waals surface area contributed by atoms with Gasteiger partial charge >= 0.3 is 5.63 Å². The van der Waals surface area contributed by atoms with E-state index in [0.717, 1.165) is 16.6 Å². The maximum Gasteiger partial charge on any atom is 0.341 e. The number of hydrogen-bond donors (Lipinski definition) is 0. The fourth-order valence-electron chi connectivity index (χ4n) is 2.51. The Morgan fingerprint density at radius 2 is 1.78 bits per heavy atom. The lowest BCUT2D eigenvalue weighted by Crippen LogP contribution is -2.12. The monoisotopic (exact) mass is 303 g/mol. The van der Waals surface area contributed by atoms with Crippen molar-refractivity contribution in [2.45, 2.75) is 6.54 Å². The Kier molecular flexibility index (Phi) is 3.24. The lowest BCUT2D eigenvalue weighted by atomic mass is 10.2. The van der Waals surface area contributed by atoms with Crippen LogP contribution >= 0.6 is 0 Å². The molecule has 23 heavy (non-hydrogen) atoms. The van der Waals surface area contributed by atoms with Crippen LogP contribution < -0.4 is 5.63 Å². The fraction of sp³-hybridized carbons (Fsp3) is 0.0556. The van der Waals surface area contributed by atoms with Gasteiger partial charge in [0.1, 0.15) is 11.3 Å². The first-order chi connectivity index (χ1) is 11.3. The van der Waals surface area contributed by atoms with Gasteiger partial charge in [0, 0.05) is 10.9 Å². The normalized spacial score (nSPS) is 11.0. The van der Waals surface area contributed by atoms with Crippen molar-refractivity contribution in [2.75, 3.05) is 0 Å². The van der Waals surface area contributed by atoms with Crippen molar-refractivity contribution < 1.29 is 4.42 Å². The average molecular weight is 303 g/mol. The van der Waals surface area contributed by atoms with Crippen LogP contribution in [0.5, 0.6) is 0 Å². The molecule has 2 heterocycles. The lowest BCUT2D eigenvalue weighted by Gasteiger charge is -2.01. The molecule has 5 heteroatoms. The number of para-hydroxylation sites is 1. The van der Waals surface area contributed by atoms with Crippen molar-refractivity contribution in [1.82, 2.24) is 15.0 Å². The van der Waals surface area contributed by atoms with Crippen LogP contribution in [0.15, 0.2) is 76.1 Å². The molecule has 0 aliphatic heterocycles. The Labute approximate surface area is 131 Å². The SMILES string of the molecule is O=c1oc2ccccc2cc1Cn1cc(-c2ccccc2)nn1. The molecule has 0 radical (unpaired) electrons. The first kappa shape index (κ1) is 13.5. The summed E-state index contributed by atoms with van der Waals surface area (Å²) in [4.78, 5) is 12.1. The van der Waals surface area contributed by atoms with E-state index in [1.165, 1.54) is 0 Å². The van der Waals surface area contributed by atoms with E-state index in [0.29, 0.717) is 17.7 Å². The minimum absolute atomic E-state index is 0.326. The zero-order valence-electron chi connectivity index (χ0n) is 12.2. The van der Waals surface area contributed by atoms with Gasteiger partial charge in [-0.15, -0.1) is 5.10 Å². The summed E-state index contributed by atoms with van der Waals surface area (Å²) in [7, 11) is 0. The van der Waals surface area contributed by atoms with Gasteiger partial charge in [-0.3, -0.25) is 0 Å². The molecular formula is C18H13N3O2. The summed E-state index contributed by atoms with van der Waals surface area (Å²) in [6, 6.07) is 19.1. The highest BCUT2D eigenvalue weighted by atomic mass is 16.4. The van der Waals surface area contributed by atoms with Gasteiger partial charge in [-0.1, -0.05) is 53.7 Å². The minimum atomic E-state index is -0.347. The van der Waals surface area contributed by atoms with Crippen LogP contribution in [0, 0.1) is 0 Å². The van der Waals surface area contributed by atoms with Crippen molar-refractivity contribution in [3.05, 3.63) is 82.8 Å². The van der Waals surface area contributed by atoms with E-state index in [4.69, 9.17) is 4.42 Å². The summed E-state index contributed by atoms with van der Waals surface area (Å²) in [5.74, 6) is 0. The molecule has 0 spiro atoms. The molecule has 0 bridgehead atoms. The standard InChI is InChI=1S/C18H13N3O2/c22-18-15(10-14-8-4-5-9-17(14)23-18)11-21-12-16(19-20-21)13-6-2-1-3-7-13/h1-10,12H,11H2. The van der Waals surface area contributed by atoms with Gasteiger partial charge in [-0.2, -0.15) is 0 Å². The smallest absolute Gasteiger partial charge is 0.341 e.